The van der Waals surface area contributed by atoms with Crippen LogP contribution in [0.25, 0.3) is 0 Å². The monoisotopic (exact) mass is 681 g/mol. The van der Waals surface area contributed by atoms with Gasteiger partial charge in [0.15, 0.2) is 0 Å². The predicted molar refractivity (Wildman–Crippen MR) is 169 cm³/mol. The van der Waals surface area contributed by atoms with Gasteiger partial charge in [0.25, 0.3) is 0 Å². The van der Waals surface area contributed by atoms with Crippen molar-refractivity contribution in [3.8, 4) is 5.75 Å². The SMILES string of the molecule is CN(Cc1cc(F)ccc1F)C(=O)Nc1ccc(S(=O)(=O)N2CCC(CNCC(O)c3ccc(O)c(NS(C)(=O)=O)c3)CC2)cc1. The standard InChI is InChI=1S/C30H37F2N5O7S2/c1-36(19-22-15-23(31)4-9-26(22)32)30(40)34-24-5-7-25(8-6-24)46(43,44)37-13-11-20(12-14-37)17-33-18-29(39)21-3-10-28(38)27(16-21)35-45(2,41)42/h3-10,15-16,20,29,33,35,38-39H,11-14,17-19H2,1-2H3,(H,34,40). The minimum atomic E-state index is -3.78. The van der Waals surface area contributed by atoms with E-state index in [1.807, 2.05) is 0 Å². The number of benzene rings is 3. The second-order valence-electron chi connectivity index (χ2n) is 11.2. The molecular weight excluding hydrogens is 644 g/mol. The molecule has 1 aliphatic heterocycles. The van der Waals surface area contributed by atoms with Crippen LogP contribution in [-0.4, -0.2) is 81.8 Å². The molecule has 1 aliphatic rings. The average Bonchev–Trinajstić information content (AvgIpc) is 3.00. The number of nitrogens with one attached hydrogen (secondary N) is 3. The van der Waals surface area contributed by atoms with Crippen molar-refractivity contribution in [2.45, 2.75) is 30.4 Å². The van der Waals surface area contributed by atoms with Crippen molar-refractivity contribution in [3.63, 3.8) is 0 Å². The third-order valence-electron chi connectivity index (χ3n) is 7.55. The number of rotatable bonds is 12. The van der Waals surface area contributed by atoms with Crippen molar-refractivity contribution in [1.82, 2.24) is 14.5 Å². The molecule has 1 heterocycles. The van der Waals surface area contributed by atoms with Crippen LogP contribution in [0, 0.1) is 17.6 Å². The van der Waals surface area contributed by atoms with E-state index in [4.69, 9.17) is 0 Å². The summed E-state index contributed by atoms with van der Waals surface area (Å²) in [5, 5.41) is 26.2. The first-order valence-electron chi connectivity index (χ1n) is 14.4. The Hall–Kier alpha value is -3.83. The average molecular weight is 682 g/mol. The Morgan fingerprint density at radius 3 is 2.35 bits per heavy atom. The van der Waals surface area contributed by atoms with E-state index in [1.54, 1.807) is 0 Å². The number of phenols is 1. The molecule has 1 fully saturated rings. The Kier molecular flexibility index (Phi) is 11.2. The normalized spacial score (nSPS) is 15.3. The number of nitrogens with zero attached hydrogens (tertiary/aromatic N) is 2. The molecule has 0 radical (unpaired) electrons. The summed E-state index contributed by atoms with van der Waals surface area (Å²) in [6.07, 6.45) is 1.18. The molecule has 5 N–H and O–H groups in total. The van der Waals surface area contributed by atoms with E-state index < -0.39 is 43.8 Å². The first kappa shape index (κ1) is 35.0. The van der Waals surface area contributed by atoms with Crippen LogP contribution in [0.4, 0.5) is 25.0 Å². The van der Waals surface area contributed by atoms with Gasteiger partial charge in [-0.3, -0.25) is 4.72 Å². The second-order valence-corrected chi connectivity index (χ2v) is 14.9. The number of aliphatic hydroxyl groups excluding tert-OH is 1. The molecule has 3 aromatic carbocycles. The van der Waals surface area contributed by atoms with Crippen molar-refractivity contribution >= 4 is 37.5 Å². The Morgan fingerprint density at radius 2 is 1.70 bits per heavy atom. The summed E-state index contributed by atoms with van der Waals surface area (Å²) < 4.78 is 80.5. The number of phenolic OH excluding ortho intramolecular Hbond substituents is 1. The molecule has 1 unspecified atom stereocenters. The number of hydrogen-bond acceptors (Lipinski definition) is 8. The molecule has 0 aromatic heterocycles. The maximum atomic E-state index is 13.9. The maximum absolute atomic E-state index is 13.9. The zero-order valence-corrected chi connectivity index (χ0v) is 26.9. The smallest absolute Gasteiger partial charge is 0.321 e. The lowest BCUT2D eigenvalue weighted by atomic mass is 9.98. The number of anilines is 2. The maximum Gasteiger partial charge on any atom is 0.321 e. The third kappa shape index (κ3) is 9.35. The van der Waals surface area contributed by atoms with Gasteiger partial charge >= 0.3 is 6.03 Å². The van der Waals surface area contributed by atoms with Crippen molar-refractivity contribution in [1.29, 1.82) is 0 Å². The number of carbonyl (C=O) groups is 1. The van der Waals surface area contributed by atoms with Gasteiger partial charge in [-0.25, -0.2) is 30.4 Å². The first-order valence-corrected chi connectivity index (χ1v) is 17.7. The van der Waals surface area contributed by atoms with E-state index in [0.29, 0.717) is 43.7 Å². The van der Waals surface area contributed by atoms with Gasteiger partial charge in [0.1, 0.15) is 17.4 Å². The number of carbonyl (C=O) groups excluding carboxylic acids is 1. The number of sulfonamides is 2. The van der Waals surface area contributed by atoms with Crippen molar-refractivity contribution in [2.75, 3.05) is 49.5 Å². The summed E-state index contributed by atoms with van der Waals surface area (Å²) in [7, 11) is -5.98. The summed E-state index contributed by atoms with van der Waals surface area (Å²) in [6.45, 7) is 1.14. The van der Waals surface area contributed by atoms with E-state index in [1.165, 1.54) is 58.7 Å². The number of aromatic hydroxyl groups is 1. The molecule has 4 rings (SSSR count). The highest BCUT2D eigenvalue weighted by Crippen LogP contribution is 2.28. The molecular formula is C30H37F2N5O7S2. The lowest BCUT2D eigenvalue weighted by molar-refractivity contribution is 0.169. The summed E-state index contributed by atoms with van der Waals surface area (Å²) in [5.41, 5.74) is 0.729. The van der Waals surface area contributed by atoms with Crippen LogP contribution in [0.3, 0.4) is 0 Å². The minimum Gasteiger partial charge on any atom is -0.506 e. The van der Waals surface area contributed by atoms with E-state index in [2.05, 4.69) is 15.4 Å². The Morgan fingerprint density at radius 1 is 1.02 bits per heavy atom. The molecule has 0 saturated carbocycles. The molecule has 0 aliphatic carbocycles. The molecule has 250 valence electrons. The van der Waals surface area contributed by atoms with E-state index >= 15 is 0 Å². The van der Waals surface area contributed by atoms with Gasteiger partial charge in [-0.2, -0.15) is 4.31 Å². The van der Waals surface area contributed by atoms with Crippen molar-refractivity contribution < 1.29 is 40.6 Å². The van der Waals surface area contributed by atoms with Gasteiger partial charge in [-0.1, -0.05) is 6.07 Å². The van der Waals surface area contributed by atoms with Crippen LogP contribution in [0.15, 0.2) is 65.6 Å². The van der Waals surface area contributed by atoms with Gasteiger partial charge in [0.2, 0.25) is 20.0 Å². The first-order chi connectivity index (χ1) is 21.6. The van der Waals surface area contributed by atoms with E-state index in [0.717, 1.165) is 24.5 Å². The molecule has 0 spiro atoms. The zero-order valence-electron chi connectivity index (χ0n) is 25.3. The molecule has 1 atom stereocenters. The molecule has 16 heteroatoms. The number of hydrogen-bond donors (Lipinski definition) is 5. The Bertz CT molecular complexity index is 1750. The number of aliphatic hydroxyl groups is 1. The highest BCUT2D eigenvalue weighted by Gasteiger charge is 2.29. The van der Waals surface area contributed by atoms with Gasteiger partial charge < -0.3 is 25.7 Å². The number of amides is 2. The second kappa shape index (κ2) is 14.7. The van der Waals surface area contributed by atoms with Crippen LogP contribution in [0.2, 0.25) is 0 Å². The molecule has 46 heavy (non-hydrogen) atoms. The highest BCUT2D eigenvalue weighted by molar-refractivity contribution is 7.92. The topological polar surface area (TPSA) is 168 Å². The Labute approximate surface area is 267 Å². The largest absolute Gasteiger partial charge is 0.506 e. The van der Waals surface area contributed by atoms with Gasteiger partial charge in [0.05, 0.1) is 29.5 Å². The third-order valence-corrected chi connectivity index (χ3v) is 10.1. The van der Waals surface area contributed by atoms with Crippen molar-refractivity contribution in [2.24, 2.45) is 5.92 Å². The molecule has 12 nitrogen and oxygen atoms in total. The molecule has 3 aromatic rings. The lowest BCUT2D eigenvalue weighted by Gasteiger charge is -2.31. The Balaban J connectivity index is 1.24. The van der Waals surface area contributed by atoms with E-state index in [-0.39, 0.29) is 40.9 Å². The highest BCUT2D eigenvalue weighted by atomic mass is 32.2. The van der Waals surface area contributed by atoms with Crippen LogP contribution < -0.4 is 15.4 Å². The molecule has 2 amide bonds. The van der Waals surface area contributed by atoms with Crippen LogP contribution in [-0.2, 0) is 26.6 Å². The summed E-state index contributed by atoms with van der Waals surface area (Å²) >= 11 is 0. The molecule has 0 bridgehead atoms. The van der Waals surface area contributed by atoms with Crippen LogP contribution in [0.1, 0.15) is 30.1 Å². The van der Waals surface area contributed by atoms with E-state index in [9.17, 15) is 40.6 Å². The minimum absolute atomic E-state index is 0.0187. The number of piperidine rings is 1. The van der Waals surface area contributed by atoms with Gasteiger partial charge in [0, 0.05) is 37.9 Å². The van der Waals surface area contributed by atoms with Crippen LogP contribution in [0.5, 0.6) is 5.75 Å². The number of halogens is 2. The summed E-state index contributed by atoms with van der Waals surface area (Å²) in [6, 6.07) is 12.3. The fraction of sp³-hybridized carbons (Fsp3) is 0.367. The van der Waals surface area contributed by atoms with Gasteiger partial charge in [-0.15, -0.1) is 0 Å². The van der Waals surface area contributed by atoms with Crippen molar-refractivity contribution in [3.05, 3.63) is 83.4 Å². The lowest BCUT2D eigenvalue weighted by Crippen LogP contribution is -2.41. The fourth-order valence-corrected chi connectivity index (χ4v) is 7.04. The summed E-state index contributed by atoms with van der Waals surface area (Å²) in [4.78, 5) is 13.8. The fourth-order valence-electron chi connectivity index (χ4n) is 5.01. The summed E-state index contributed by atoms with van der Waals surface area (Å²) in [5.74, 6) is -1.36. The quantitative estimate of drug-likeness (QED) is 0.181. The van der Waals surface area contributed by atoms with Crippen LogP contribution >= 0.6 is 0 Å². The number of urea groups is 1. The zero-order chi connectivity index (χ0) is 33.6. The van der Waals surface area contributed by atoms with Gasteiger partial charge in [-0.05, 0) is 85.5 Å². The predicted octanol–water partition coefficient (Wildman–Crippen LogP) is 3.43. The molecule has 1 saturated heterocycles.